The van der Waals surface area contributed by atoms with Crippen molar-refractivity contribution in [3.8, 4) is 0 Å². The molecule has 0 fully saturated rings. The fourth-order valence-corrected chi connectivity index (χ4v) is 1.04. The van der Waals surface area contributed by atoms with Gasteiger partial charge in [0.25, 0.3) is 0 Å². The third-order valence-electron chi connectivity index (χ3n) is 1.71. The van der Waals surface area contributed by atoms with Crippen LogP contribution in [0.3, 0.4) is 0 Å². The summed E-state index contributed by atoms with van der Waals surface area (Å²) < 4.78 is 4.64. The molecule has 0 aromatic heterocycles. The maximum absolute atomic E-state index is 11.1. The second kappa shape index (κ2) is 4.54. The summed E-state index contributed by atoms with van der Waals surface area (Å²) in [6, 6.07) is 0. The van der Waals surface area contributed by atoms with Crippen molar-refractivity contribution in [1.29, 1.82) is 0 Å². The van der Waals surface area contributed by atoms with Gasteiger partial charge in [0.15, 0.2) is 0 Å². The highest BCUT2D eigenvalue weighted by molar-refractivity contribution is 5.74. The van der Waals surface area contributed by atoms with Crippen molar-refractivity contribution in [3.05, 3.63) is 36.5 Å². The summed E-state index contributed by atoms with van der Waals surface area (Å²) in [6.07, 6.45) is 12.2. The minimum Gasteiger partial charge on any atom is -0.469 e. The molecule has 0 aromatic rings. The number of allylic oxidation sites excluding steroid dienone is 5. The summed E-state index contributed by atoms with van der Waals surface area (Å²) >= 11 is 0. The first kappa shape index (κ1) is 8.78. The molecule has 1 rings (SSSR count). The molecule has 0 spiro atoms. The van der Waals surface area contributed by atoms with Crippen molar-refractivity contribution in [2.24, 2.45) is 5.92 Å². The first-order chi connectivity index (χ1) is 5.84. The molecule has 1 aliphatic carbocycles. The lowest BCUT2D eigenvalue weighted by Crippen LogP contribution is -2.13. The van der Waals surface area contributed by atoms with Crippen LogP contribution in [-0.2, 0) is 9.53 Å². The number of carbonyl (C=O) groups excluding carboxylic acids is 1. The van der Waals surface area contributed by atoms with E-state index in [1.807, 2.05) is 36.5 Å². The number of methoxy groups -OCH3 is 1. The molecule has 0 amide bonds. The van der Waals surface area contributed by atoms with E-state index >= 15 is 0 Å². The van der Waals surface area contributed by atoms with E-state index in [9.17, 15) is 4.79 Å². The maximum Gasteiger partial charge on any atom is 0.312 e. The van der Waals surface area contributed by atoms with Crippen LogP contribution in [0.4, 0.5) is 0 Å². The second-order valence-corrected chi connectivity index (χ2v) is 2.56. The van der Waals surface area contributed by atoms with Crippen LogP contribution in [0.15, 0.2) is 36.5 Å². The SMILES string of the molecule is COC(=O)C1\C=C/C=C\C=C/C1. The minimum absolute atomic E-state index is 0.129. The lowest BCUT2D eigenvalue weighted by atomic mass is 10.0. The van der Waals surface area contributed by atoms with Gasteiger partial charge in [-0.2, -0.15) is 0 Å². The van der Waals surface area contributed by atoms with Gasteiger partial charge in [-0.15, -0.1) is 0 Å². The van der Waals surface area contributed by atoms with Crippen LogP contribution < -0.4 is 0 Å². The predicted molar refractivity (Wildman–Crippen MR) is 47.5 cm³/mol. The summed E-state index contributed by atoms with van der Waals surface area (Å²) in [4.78, 5) is 11.1. The molecule has 2 heteroatoms. The number of carbonyl (C=O) groups is 1. The van der Waals surface area contributed by atoms with Crippen molar-refractivity contribution >= 4 is 5.97 Å². The van der Waals surface area contributed by atoms with Crippen LogP contribution in [0.2, 0.25) is 0 Å². The Bertz CT molecular complexity index is 236. The molecule has 0 N–H and O–H groups in total. The molecular formula is C10H12O2. The van der Waals surface area contributed by atoms with Gasteiger partial charge in [-0.05, 0) is 6.42 Å². The number of hydrogen-bond donors (Lipinski definition) is 0. The van der Waals surface area contributed by atoms with Gasteiger partial charge in [-0.25, -0.2) is 0 Å². The fourth-order valence-electron chi connectivity index (χ4n) is 1.04. The largest absolute Gasteiger partial charge is 0.469 e. The van der Waals surface area contributed by atoms with Crippen LogP contribution >= 0.6 is 0 Å². The molecule has 0 radical (unpaired) electrons. The van der Waals surface area contributed by atoms with Gasteiger partial charge < -0.3 is 4.74 Å². The zero-order valence-corrected chi connectivity index (χ0v) is 7.07. The zero-order chi connectivity index (χ0) is 8.81. The Morgan fingerprint density at radius 2 is 2.08 bits per heavy atom. The Kier molecular flexibility index (Phi) is 3.33. The molecule has 0 saturated carbocycles. The van der Waals surface area contributed by atoms with E-state index in [-0.39, 0.29) is 11.9 Å². The molecule has 12 heavy (non-hydrogen) atoms. The van der Waals surface area contributed by atoms with Gasteiger partial charge in [-0.3, -0.25) is 4.79 Å². The van der Waals surface area contributed by atoms with E-state index in [1.54, 1.807) is 0 Å². The third-order valence-corrected chi connectivity index (χ3v) is 1.71. The van der Waals surface area contributed by atoms with Gasteiger partial charge in [0.2, 0.25) is 0 Å². The number of rotatable bonds is 1. The molecule has 0 aromatic carbocycles. The standard InChI is InChI=1S/C10H12O2/c1-12-10(11)9-7-5-3-2-4-6-8-9/h2-7,9H,8H2,1H3/b3-2-,6-4-,7-5-. The Labute approximate surface area is 72.2 Å². The molecule has 1 unspecified atom stereocenters. The normalized spacial score (nSPS) is 29.6. The van der Waals surface area contributed by atoms with Crippen molar-refractivity contribution in [3.63, 3.8) is 0 Å². The topological polar surface area (TPSA) is 26.3 Å². The summed E-state index contributed by atoms with van der Waals surface area (Å²) in [5.74, 6) is -0.303. The quantitative estimate of drug-likeness (QED) is 0.553. The molecule has 0 aliphatic heterocycles. The Balaban J connectivity index is 2.65. The molecule has 0 saturated heterocycles. The number of hydrogen-bond acceptors (Lipinski definition) is 2. The Hall–Kier alpha value is -1.31. The highest BCUT2D eigenvalue weighted by Gasteiger charge is 2.13. The van der Waals surface area contributed by atoms with E-state index < -0.39 is 0 Å². The van der Waals surface area contributed by atoms with E-state index in [0.717, 1.165) is 0 Å². The van der Waals surface area contributed by atoms with Crippen LogP contribution in [0.25, 0.3) is 0 Å². The summed E-state index contributed by atoms with van der Waals surface area (Å²) in [5, 5.41) is 0. The molecule has 0 bridgehead atoms. The summed E-state index contributed by atoms with van der Waals surface area (Å²) in [7, 11) is 1.41. The average Bonchev–Trinajstić information content (AvgIpc) is 2.02. The summed E-state index contributed by atoms with van der Waals surface area (Å²) in [6.45, 7) is 0. The molecule has 1 aliphatic rings. The number of esters is 1. The van der Waals surface area contributed by atoms with Crippen molar-refractivity contribution < 1.29 is 9.53 Å². The van der Waals surface area contributed by atoms with Gasteiger partial charge in [0.05, 0.1) is 13.0 Å². The van der Waals surface area contributed by atoms with Gasteiger partial charge in [0, 0.05) is 0 Å². The van der Waals surface area contributed by atoms with E-state index in [2.05, 4.69) is 4.74 Å². The predicted octanol–water partition coefficient (Wildman–Crippen LogP) is 1.85. The van der Waals surface area contributed by atoms with E-state index in [4.69, 9.17) is 0 Å². The first-order valence-electron chi connectivity index (χ1n) is 3.92. The Morgan fingerprint density at radius 1 is 1.33 bits per heavy atom. The molecule has 1 atom stereocenters. The van der Waals surface area contributed by atoms with Crippen LogP contribution in [0.5, 0.6) is 0 Å². The Morgan fingerprint density at radius 3 is 2.83 bits per heavy atom. The molecule has 64 valence electrons. The van der Waals surface area contributed by atoms with Crippen LogP contribution in [-0.4, -0.2) is 13.1 Å². The van der Waals surface area contributed by atoms with Gasteiger partial charge >= 0.3 is 5.97 Å². The van der Waals surface area contributed by atoms with Crippen molar-refractivity contribution in [2.45, 2.75) is 6.42 Å². The second-order valence-electron chi connectivity index (χ2n) is 2.56. The fraction of sp³-hybridized carbons (Fsp3) is 0.300. The number of ether oxygens (including phenoxy) is 1. The monoisotopic (exact) mass is 164 g/mol. The van der Waals surface area contributed by atoms with E-state index in [0.29, 0.717) is 6.42 Å². The van der Waals surface area contributed by atoms with Gasteiger partial charge in [0.1, 0.15) is 0 Å². The highest BCUT2D eigenvalue weighted by atomic mass is 16.5. The first-order valence-corrected chi connectivity index (χ1v) is 3.92. The lowest BCUT2D eigenvalue weighted by molar-refractivity contribution is -0.143. The highest BCUT2D eigenvalue weighted by Crippen LogP contribution is 2.10. The van der Waals surface area contributed by atoms with Gasteiger partial charge in [-0.1, -0.05) is 36.5 Å². The van der Waals surface area contributed by atoms with Crippen LogP contribution in [0, 0.1) is 5.92 Å². The third kappa shape index (κ3) is 2.38. The minimum atomic E-state index is -0.175. The average molecular weight is 164 g/mol. The molecular weight excluding hydrogens is 152 g/mol. The molecule has 2 nitrogen and oxygen atoms in total. The summed E-state index contributed by atoms with van der Waals surface area (Å²) in [5.41, 5.74) is 0. The maximum atomic E-state index is 11.1. The van der Waals surface area contributed by atoms with E-state index in [1.165, 1.54) is 7.11 Å². The molecule has 0 heterocycles. The zero-order valence-electron chi connectivity index (χ0n) is 7.07. The smallest absolute Gasteiger partial charge is 0.312 e. The van der Waals surface area contributed by atoms with Crippen molar-refractivity contribution in [1.82, 2.24) is 0 Å². The van der Waals surface area contributed by atoms with Crippen LogP contribution in [0.1, 0.15) is 6.42 Å². The lowest BCUT2D eigenvalue weighted by Gasteiger charge is -2.07. The van der Waals surface area contributed by atoms with Crippen molar-refractivity contribution in [2.75, 3.05) is 7.11 Å².